The number of hydrogen-bond acceptors (Lipinski definition) is 8. The van der Waals surface area contributed by atoms with E-state index < -0.39 is 70.5 Å². The summed E-state index contributed by atoms with van der Waals surface area (Å²) in [4.78, 5) is 28.0. The predicted octanol–water partition coefficient (Wildman–Crippen LogP) is 3.18. The van der Waals surface area contributed by atoms with E-state index in [9.17, 15) is 36.6 Å². The van der Waals surface area contributed by atoms with Gasteiger partial charge in [-0.3, -0.25) is 14.6 Å². The molecule has 0 saturated heterocycles. The lowest BCUT2D eigenvalue weighted by Gasteiger charge is -2.24. The number of primary amides is 1. The molecule has 1 heterocycles. The van der Waals surface area contributed by atoms with Crippen molar-refractivity contribution in [2.45, 2.75) is 18.6 Å². The van der Waals surface area contributed by atoms with Crippen molar-refractivity contribution in [3.63, 3.8) is 0 Å². The van der Waals surface area contributed by atoms with Crippen LogP contribution in [0.15, 0.2) is 48.7 Å². The number of nitrogens with two attached hydrogens (primary N) is 1. The van der Waals surface area contributed by atoms with E-state index in [1.807, 2.05) is 0 Å². The maximum atomic E-state index is 15.2. The van der Waals surface area contributed by atoms with Crippen molar-refractivity contribution in [1.82, 2.24) is 4.98 Å². The molecule has 0 atom stereocenters. The van der Waals surface area contributed by atoms with Gasteiger partial charge in [0, 0.05) is 18.0 Å². The number of halogens is 6. The summed E-state index contributed by atoms with van der Waals surface area (Å²) in [7, 11) is 10.3. The Morgan fingerprint density at radius 3 is 2.23 bits per heavy atom. The number of aromatic nitrogens is 1. The summed E-state index contributed by atoms with van der Waals surface area (Å²) in [5.74, 6) is -8.00. The van der Waals surface area contributed by atoms with E-state index in [0.29, 0.717) is 18.2 Å². The molecule has 3 aromatic rings. The fraction of sp³-hybridized carbons (Fsp3) is 0.136. The number of ether oxygens (including phenoxy) is 4. The van der Waals surface area contributed by atoms with Crippen molar-refractivity contribution in [3.8, 4) is 28.7 Å². The molecule has 0 aliphatic heterocycles. The molecule has 18 heteroatoms. The smallest absolute Gasteiger partial charge is 0.478 e. The highest BCUT2D eigenvalue weighted by Crippen LogP contribution is 2.40. The number of nitrogens with zero attached hydrogens (tertiary/aromatic N) is 1. The van der Waals surface area contributed by atoms with Gasteiger partial charge < -0.3 is 35.1 Å². The van der Waals surface area contributed by atoms with Crippen LogP contribution >= 0.6 is 0 Å². The minimum absolute atomic E-state index is 0.131. The summed E-state index contributed by atoms with van der Waals surface area (Å²) in [5.41, 5.74) is 0.696. The summed E-state index contributed by atoms with van der Waals surface area (Å²) < 4.78 is 96.7. The first-order valence-electron chi connectivity index (χ1n) is 10.4. The van der Waals surface area contributed by atoms with Gasteiger partial charge in [0.05, 0.1) is 0 Å². The first-order valence-corrected chi connectivity index (χ1v) is 10.4. The van der Waals surface area contributed by atoms with Gasteiger partial charge in [-0.1, -0.05) is 0 Å². The molecule has 1 aromatic heterocycles. The van der Waals surface area contributed by atoms with Crippen molar-refractivity contribution >= 4 is 33.2 Å². The maximum absolute atomic E-state index is 15.2. The van der Waals surface area contributed by atoms with Gasteiger partial charge in [0.2, 0.25) is 0 Å². The number of aliphatic hydroxyl groups is 1. The zero-order valence-corrected chi connectivity index (χ0v) is 19.5. The highest BCUT2D eigenvalue weighted by atomic mass is 19.4. The number of alkyl halides is 5. The third-order valence-corrected chi connectivity index (χ3v) is 4.42. The Labute approximate surface area is 222 Å². The van der Waals surface area contributed by atoms with Gasteiger partial charge in [-0.15, -0.1) is 13.2 Å². The molecule has 4 radical (unpaired) electrons. The lowest BCUT2D eigenvalue weighted by atomic mass is 9.76. The third kappa shape index (κ3) is 8.20. The van der Waals surface area contributed by atoms with Crippen LogP contribution < -0.4 is 30.0 Å². The van der Waals surface area contributed by atoms with Gasteiger partial charge in [0.1, 0.15) is 28.3 Å². The van der Waals surface area contributed by atoms with Crippen molar-refractivity contribution in [2.24, 2.45) is 5.73 Å². The number of hydrogen-bond donors (Lipinski definition) is 3. The molecular weight excluding hydrogens is 554 g/mol. The molecule has 10 nitrogen and oxygen atoms in total. The quantitative estimate of drug-likeness (QED) is 0.193. The zero-order chi connectivity index (χ0) is 29.8. The number of benzene rings is 2. The minimum Gasteiger partial charge on any atom is -0.478 e. The molecule has 0 bridgehead atoms. The van der Waals surface area contributed by atoms with Gasteiger partial charge in [0.25, 0.3) is 11.8 Å². The van der Waals surface area contributed by atoms with Crippen LogP contribution in [0.5, 0.6) is 28.7 Å². The predicted molar refractivity (Wildman–Crippen MR) is 124 cm³/mol. The Hall–Kier alpha value is -4.60. The van der Waals surface area contributed by atoms with Crippen molar-refractivity contribution in [3.05, 3.63) is 65.7 Å². The molecule has 2 aromatic carbocycles. The van der Waals surface area contributed by atoms with Gasteiger partial charge >= 0.3 is 13.0 Å². The number of amides is 2. The molecule has 0 unspecified atom stereocenters. The molecule has 0 fully saturated rings. The van der Waals surface area contributed by atoms with Gasteiger partial charge in [-0.25, -0.2) is 4.39 Å². The van der Waals surface area contributed by atoms with E-state index in [-0.39, 0.29) is 11.4 Å². The highest BCUT2D eigenvalue weighted by Gasteiger charge is 2.32. The van der Waals surface area contributed by atoms with E-state index >= 15 is 4.39 Å². The number of pyridine rings is 1. The maximum Gasteiger partial charge on any atom is 0.573 e. The summed E-state index contributed by atoms with van der Waals surface area (Å²) in [6.45, 7) is -3.50. The van der Waals surface area contributed by atoms with Gasteiger partial charge in [-0.05, 0) is 36.4 Å². The Morgan fingerprint density at radius 2 is 1.62 bits per heavy atom. The van der Waals surface area contributed by atoms with Gasteiger partial charge in [-0.2, -0.15) is 8.78 Å². The van der Waals surface area contributed by atoms with Crippen LogP contribution in [0.3, 0.4) is 0 Å². The number of carbonyl (C=O) groups excluding carboxylic acids is 2. The SMILES string of the molecule is [B]C([B])(O)Oc1cc(OC(F)(F)F)ccc1Oc1ccc(OC(F)F)c(F)c1C(=O)Nc1ccnc(C(N)=O)c1. The molecule has 0 spiro atoms. The standard InChI is InChI=1S/C22H13B2F6N3O7/c23-21(24,36)40-15-8-10(39-22(28,29)30)1-2-12(15)37-13-3-4-14(38-20(26)27)17(25)16(13)19(35)33-9-5-6-32-11(7-9)18(31)34/h1-8,20,36H,(H2,31,34)(H,32,33,35). The first kappa shape index (κ1) is 29.9. The topological polar surface area (TPSA) is 142 Å². The lowest BCUT2D eigenvalue weighted by Crippen LogP contribution is -2.36. The first-order chi connectivity index (χ1) is 18.5. The minimum atomic E-state index is -5.14. The molecule has 40 heavy (non-hydrogen) atoms. The number of rotatable bonds is 10. The van der Waals surface area contributed by atoms with E-state index in [1.54, 1.807) is 0 Å². The second kappa shape index (κ2) is 11.6. The Kier molecular flexibility index (Phi) is 8.72. The van der Waals surface area contributed by atoms with Crippen LogP contribution in [-0.2, 0) is 0 Å². The molecular formula is C22H13B2F6N3O7. The summed E-state index contributed by atoms with van der Waals surface area (Å²) in [5, 5.41) is 11.8. The number of carbonyl (C=O) groups is 2. The molecule has 0 aliphatic rings. The van der Waals surface area contributed by atoms with E-state index in [2.05, 4.69) is 19.8 Å². The summed E-state index contributed by atoms with van der Waals surface area (Å²) >= 11 is 0. The van der Waals surface area contributed by atoms with Crippen LogP contribution in [0, 0.1) is 5.82 Å². The Bertz CT molecular complexity index is 1420. The number of nitrogens with one attached hydrogen (secondary N) is 1. The van der Waals surface area contributed by atoms with E-state index in [1.165, 1.54) is 6.07 Å². The van der Waals surface area contributed by atoms with Crippen LogP contribution in [0.1, 0.15) is 20.8 Å². The van der Waals surface area contributed by atoms with Crippen LogP contribution in [0.4, 0.5) is 32.0 Å². The fourth-order valence-corrected chi connectivity index (χ4v) is 3.00. The third-order valence-electron chi connectivity index (χ3n) is 4.42. The van der Waals surface area contributed by atoms with E-state index in [4.69, 9.17) is 30.9 Å². The average Bonchev–Trinajstić information content (AvgIpc) is 2.80. The van der Waals surface area contributed by atoms with E-state index in [0.717, 1.165) is 24.4 Å². The average molecular weight is 567 g/mol. The Balaban J connectivity index is 2.08. The normalized spacial score (nSPS) is 11.6. The zero-order valence-electron chi connectivity index (χ0n) is 19.5. The molecule has 0 saturated carbocycles. The molecule has 2 amide bonds. The summed E-state index contributed by atoms with van der Waals surface area (Å²) in [6.07, 6.45) is -4.06. The molecule has 0 aliphatic carbocycles. The van der Waals surface area contributed by atoms with Crippen molar-refractivity contribution in [1.29, 1.82) is 0 Å². The number of anilines is 1. The Morgan fingerprint density at radius 1 is 0.975 bits per heavy atom. The lowest BCUT2D eigenvalue weighted by molar-refractivity contribution is -0.274. The van der Waals surface area contributed by atoms with Crippen LogP contribution in [-0.4, -0.2) is 56.2 Å². The van der Waals surface area contributed by atoms with Crippen LogP contribution in [0.2, 0.25) is 0 Å². The molecule has 3 rings (SSSR count). The monoisotopic (exact) mass is 567 g/mol. The van der Waals surface area contributed by atoms with Crippen molar-refractivity contribution < 1.29 is 60.0 Å². The molecule has 206 valence electrons. The van der Waals surface area contributed by atoms with Crippen LogP contribution in [0.25, 0.3) is 0 Å². The second-order valence-electron chi connectivity index (χ2n) is 7.49. The van der Waals surface area contributed by atoms with Crippen molar-refractivity contribution in [2.75, 3.05) is 5.32 Å². The largest absolute Gasteiger partial charge is 0.573 e. The molecule has 4 N–H and O–H groups in total. The van der Waals surface area contributed by atoms with Gasteiger partial charge in [0.15, 0.2) is 38.8 Å². The highest BCUT2D eigenvalue weighted by molar-refractivity contribution is 6.37. The fourth-order valence-electron chi connectivity index (χ4n) is 3.00. The second-order valence-corrected chi connectivity index (χ2v) is 7.49. The summed E-state index contributed by atoms with van der Waals surface area (Å²) in [6, 6.07) is 5.71.